The molecule has 0 aliphatic rings. The van der Waals surface area contributed by atoms with E-state index in [0.29, 0.717) is 18.2 Å². The summed E-state index contributed by atoms with van der Waals surface area (Å²) in [6, 6.07) is 115. The normalized spacial score (nSPS) is 11.5. The summed E-state index contributed by atoms with van der Waals surface area (Å²) in [4.78, 5) is 39.0. The number of hydrogen-bond donors (Lipinski definition) is 0. The predicted octanol–water partition coefficient (Wildman–Crippen LogP) is 15.4. The zero-order valence-corrected chi connectivity index (χ0v) is 81.5. The van der Waals surface area contributed by atoms with Crippen molar-refractivity contribution in [2.45, 2.75) is 28.2 Å². The van der Waals surface area contributed by atoms with Gasteiger partial charge in [-0.1, -0.05) is 197 Å². The number of imidazole rings is 5. The third-order valence-electron chi connectivity index (χ3n) is 24.6. The van der Waals surface area contributed by atoms with Gasteiger partial charge in [-0.25, -0.2) is 4.98 Å². The van der Waals surface area contributed by atoms with Gasteiger partial charge in [-0.2, -0.15) is 0 Å². The smallest absolute Gasteiger partial charge is 1.00 e. The van der Waals surface area contributed by atoms with E-state index in [0.717, 1.165) is 127 Å². The average molecular weight is 1890 g/mol. The number of pyridine rings is 6. The van der Waals surface area contributed by atoms with Crippen molar-refractivity contribution in [2.75, 3.05) is 25.6 Å². The van der Waals surface area contributed by atoms with Crippen molar-refractivity contribution in [3.63, 3.8) is 0 Å². The number of nitrogens with zero attached hydrogens (tertiary/aromatic N) is 12. The van der Waals surface area contributed by atoms with Crippen LogP contribution in [-0.2, 0) is 0 Å². The Balaban J connectivity index is 0.000000113. The summed E-state index contributed by atoms with van der Waals surface area (Å²) in [6.45, 7) is 2.68. The molecule has 0 atom stereocenters. The summed E-state index contributed by atoms with van der Waals surface area (Å²) in [5.74, 6) is -0.0176. The van der Waals surface area contributed by atoms with Gasteiger partial charge in [0.05, 0.1) is 40.1 Å². The molecule has 0 radical (unpaired) electrons. The van der Waals surface area contributed by atoms with E-state index >= 15 is 0 Å². The van der Waals surface area contributed by atoms with Crippen LogP contribution in [-0.4, -0.2) is 114 Å². The molecule has 0 amide bonds. The van der Waals surface area contributed by atoms with E-state index in [1.54, 1.807) is 21.0 Å². The molecular weight excluding hydrogens is 1810 g/mol. The third kappa shape index (κ3) is 16.2. The molecule has 14 aromatic carbocycles. The third-order valence-corrected chi connectivity index (χ3v) is 31.5. The molecule has 135 heavy (non-hydrogen) atoms. The summed E-state index contributed by atoms with van der Waals surface area (Å²) >= 11 is -0.520. The molecule has 0 bridgehead atoms. The van der Waals surface area contributed by atoms with Crippen LogP contribution in [0.2, 0.25) is 14.8 Å². The number of ether oxygens (including phenoxy) is 1. The molecular formula is C112H78ClF2Li3MgN12O2SSn. The molecule has 13 heterocycles. The Morgan fingerprint density at radius 1 is 0.422 bits per heavy atom. The van der Waals surface area contributed by atoms with Gasteiger partial charge in [0.25, 0.3) is 0 Å². The van der Waals surface area contributed by atoms with Gasteiger partial charge in [0.2, 0.25) is 11.6 Å². The fraction of sp³-hybridized carbons (Fsp3) is 0.0714. The van der Waals surface area contributed by atoms with Gasteiger partial charge >= 0.3 is 227 Å². The molecule has 0 fully saturated rings. The zero-order valence-electron chi connectivity index (χ0n) is 75.7. The Morgan fingerprint density at radius 3 is 1.60 bits per heavy atom. The number of fused-ring (bicyclic) bond motifs is 38. The van der Waals surface area contributed by atoms with Gasteiger partial charge in [0, 0.05) is 57.7 Å². The topological polar surface area (TPSA) is 125 Å². The van der Waals surface area contributed by atoms with Gasteiger partial charge in [0.1, 0.15) is 27.0 Å². The van der Waals surface area contributed by atoms with Gasteiger partial charge < -0.3 is 39.2 Å². The maximum atomic E-state index is 13.8. The molecule has 27 aromatic rings. The Hall–Kier alpha value is -12.6. The molecule has 0 N–H and O–H groups in total. The number of rotatable bonds is 8. The maximum Gasteiger partial charge on any atom is 2.00 e. The summed E-state index contributed by atoms with van der Waals surface area (Å²) < 4.78 is 52.6. The Bertz CT molecular complexity index is 9190. The van der Waals surface area contributed by atoms with Crippen LogP contribution in [0.25, 0.3) is 213 Å². The first-order chi connectivity index (χ1) is 63.8. The van der Waals surface area contributed by atoms with E-state index in [2.05, 4.69) is 281 Å². The van der Waals surface area contributed by atoms with E-state index in [-0.39, 0.29) is 104 Å². The van der Waals surface area contributed by atoms with Crippen LogP contribution in [0, 0.1) is 35.9 Å². The first-order valence-electron chi connectivity index (χ1n) is 43.3. The number of thiophene rings is 1. The first kappa shape index (κ1) is 92.8. The first-order valence-corrected chi connectivity index (χ1v) is 54.1. The van der Waals surface area contributed by atoms with E-state index in [4.69, 9.17) is 24.1 Å². The average Bonchev–Trinajstić information content (AvgIpc) is 1.68. The summed E-state index contributed by atoms with van der Waals surface area (Å²) in [6.07, 6.45) is 12.5. The monoisotopic (exact) mass is 1890 g/mol. The summed E-state index contributed by atoms with van der Waals surface area (Å²) in [5.41, 5.74) is 22.7. The van der Waals surface area contributed by atoms with E-state index in [1.807, 2.05) is 137 Å². The second kappa shape index (κ2) is 38.3. The molecule has 14 nitrogen and oxygen atoms in total. The molecule has 13 aromatic heterocycles. The molecule has 634 valence electrons. The number of halogens is 3. The summed E-state index contributed by atoms with van der Waals surface area (Å²) in [5, 5.41) is 17.0. The van der Waals surface area contributed by atoms with Gasteiger partial charge in [-0.05, 0) is 110 Å². The number of aromatic nitrogens is 11. The number of hydrogen-bond acceptors (Lipinski definition) is 10. The van der Waals surface area contributed by atoms with Crippen molar-refractivity contribution in [1.29, 1.82) is 0 Å². The van der Waals surface area contributed by atoms with Crippen molar-refractivity contribution < 1.29 is 86.9 Å². The SMILES string of the molecule is CCCOc1cn2c3ccccc3c3cc(F)c[c-]c3c2n1.CN(C)c1ccc2c(c1)c1ccc[c]([Sn]([CH3])([CH3])[CH3])c1c1nccn21.Fc1c[c-]c2c(c1)c1ccccc1n1c2nc2c3ccccc3oc21.[Cl-].[Li+].[Li+].[Li+].[Mg+2].[c-]1cccc2c1c1nc3c4ncccc4sc3n1c1ccccc21.[c-]1cccc2c1c1nccn1c1ccc(-c3c(-c4ccccc4)cccc3-c3ccccc3)cc21. The molecule has 0 spiro atoms. The standard InChI is InChI=1S/C33H21N2.C21H10FN2O.C20H10N3S.C18H14FN2O.C17H14N3.3CH3.ClH.3Li.Mg.Sn/c1-3-10-23(11-4-1)26-16-9-17-27(24-12-5-2-6-13-24)32(26)25-18-19-31-30(22-25)28-14-7-8-15-29(28)33-34-20-21-35(31)33;22-12-9-10-14-16(11-12)13-5-1-3-7-17(13)24-20(14)23-19-15-6-2-4-8-18(15)25-21(19)24;1-2-8-14-12(6-1)13-7-3-4-9-15(13)23-19(14)22-18-17-16(24-20(18)23)10-5-11-21-17;1-2-9-22-17-11-21-16-6-4-3-5-13(16)15-10-12(19)7-8-14(15)18(21)20-17;1-19(2)12-7-8-16-15(11-12)13-5-3-4-6-14(13)17-18-9-10-20(16)17;;;;;;;;;/h1-14,16-22H;1-9,11H;1-7,9-11H;3-7,10-11H,2,9H2,1H3;3-5,7-11H,1-2H3;3*1H3;1H;;;;;/q4*-1;;;;;;3*+1;+2;/p-1. The van der Waals surface area contributed by atoms with Gasteiger partial charge in [-0.15, -0.1) is 107 Å². The van der Waals surface area contributed by atoms with E-state index in [1.165, 1.54) is 111 Å². The van der Waals surface area contributed by atoms with Crippen molar-refractivity contribution in [3.05, 3.63) is 376 Å². The van der Waals surface area contributed by atoms with Gasteiger partial charge in [-0.3, -0.25) is 28.7 Å². The van der Waals surface area contributed by atoms with Crippen LogP contribution in [0.5, 0.6) is 5.88 Å². The van der Waals surface area contributed by atoms with E-state index < -0.39 is 18.4 Å². The van der Waals surface area contributed by atoms with Crippen molar-refractivity contribution in [1.82, 2.24) is 51.9 Å². The molecule has 0 aliphatic heterocycles. The minimum absolute atomic E-state index is 0. The fourth-order valence-corrected chi connectivity index (χ4v) is 24.4. The van der Waals surface area contributed by atoms with Crippen molar-refractivity contribution in [2.24, 2.45) is 0 Å². The minimum Gasteiger partial charge on any atom is -1.00 e. The number of furan rings is 1. The molecule has 23 heteroatoms. The predicted molar refractivity (Wildman–Crippen MR) is 539 cm³/mol. The van der Waals surface area contributed by atoms with Crippen LogP contribution < -0.4 is 82.2 Å². The Morgan fingerprint density at radius 2 is 0.941 bits per heavy atom. The number of benzene rings is 14. The molecule has 0 unspecified atom stereocenters. The van der Waals surface area contributed by atoms with Crippen molar-refractivity contribution >= 4 is 241 Å². The maximum absolute atomic E-state index is 13.8. The van der Waals surface area contributed by atoms with Crippen molar-refractivity contribution in [3.8, 4) is 39.3 Å². The van der Waals surface area contributed by atoms with E-state index in [9.17, 15) is 8.78 Å². The molecule has 0 saturated carbocycles. The second-order valence-corrected chi connectivity index (χ2v) is 49.1. The zero-order chi connectivity index (χ0) is 87.6. The fourth-order valence-electron chi connectivity index (χ4n) is 18.8. The molecule has 27 rings (SSSR count). The largest absolute Gasteiger partial charge is 2.00 e. The van der Waals surface area contributed by atoms with Gasteiger partial charge in [0.15, 0.2) is 0 Å². The number of para-hydroxylation sites is 4. The number of anilines is 1. The molecule has 0 aliphatic carbocycles. The molecule has 0 saturated heterocycles. The van der Waals surface area contributed by atoms with Crippen LogP contribution in [0.3, 0.4) is 0 Å². The van der Waals surface area contributed by atoms with Crippen LogP contribution in [0.15, 0.2) is 345 Å². The Labute approximate surface area is 841 Å². The quantitative estimate of drug-likeness (QED) is 0.0830. The minimum atomic E-state index is -2.26. The second-order valence-electron chi connectivity index (χ2n) is 33.7. The summed E-state index contributed by atoms with van der Waals surface area (Å²) in [7, 11) is 4.19. The van der Waals surface area contributed by atoms with Crippen LogP contribution >= 0.6 is 11.3 Å². The Kier molecular flexibility index (Phi) is 26.3. The van der Waals surface area contributed by atoms with Crippen LogP contribution in [0.1, 0.15) is 13.3 Å². The van der Waals surface area contributed by atoms with Crippen LogP contribution in [0.4, 0.5) is 14.5 Å².